The SMILES string of the molecule is CCCCCCCCC/C=C\CCCCCCCC(=O)NC(CS(=O)(=O)O)C(O)/C=C/CC/C=C/CCCCCCCCCCCCCCC. The van der Waals surface area contributed by atoms with E-state index in [4.69, 9.17) is 0 Å². The topological polar surface area (TPSA) is 104 Å². The second-order valence-electron chi connectivity index (χ2n) is 14.6. The zero-order chi connectivity index (χ0) is 36.8. The Morgan fingerprint density at radius 2 is 0.860 bits per heavy atom. The molecule has 0 aromatic rings. The molecular formula is C43H81NO5S. The summed E-state index contributed by atoms with van der Waals surface area (Å²) in [4.78, 5) is 12.5. The van der Waals surface area contributed by atoms with Gasteiger partial charge in [0.15, 0.2) is 0 Å². The lowest BCUT2D eigenvalue weighted by Gasteiger charge is -2.21. The molecule has 0 aromatic carbocycles. The molecule has 294 valence electrons. The fourth-order valence-corrected chi connectivity index (χ4v) is 7.08. The van der Waals surface area contributed by atoms with E-state index in [1.807, 2.05) is 6.08 Å². The highest BCUT2D eigenvalue weighted by Crippen LogP contribution is 2.14. The van der Waals surface area contributed by atoms with Crippen molar-refractivity contribution in [2.75, 3.05) is 5.75 Å². The maximum atomic E-state index is 12.5. The van der Waals surface area contributed by atoms with Gasteiger partial charge in [0.05, 0.1) is 17.9 Å². The molecule has 50 heavy (non-hydrogen) atoms. The second-order valence-corrected chi connectivity index (χ2v) is 16.1. The van der Waals surface area contributed by atoms with Crippen LogP contribution in [0.25, 0.3) is 0 Å². The van der Waals surface area contributed by atoms with Gasteiger partial charge in [-0.05, 0) is 57.8 Å². The van der Waals surface area contributed by atoms with Gasteiger partial charge >= 0.3 is 0 Å². The van der Waals surface area contributed by atoms with E-state index in [9.17, 15) is 22.9 Å². The average molecular weight is 724 g/mol. The van der Waals surface area contributed by atoms with Gasteiger partial charge in [-0.25, -0.2) is 0 Å². The van der Waals surface area contributed by atoms with Gasteiger partial charge in [0.1, 0.15) is 0 Å². The van der Waals surface area contributed by atoms with Crippen molar-refractivity contribution >= 4 is 16.0 Å². The Balaban J connectivity index is 3.96. The van der Waals surface area contributed by atoms with Gasteiger partial charge in [-0.1, -0.05) is 185 Å². The summed E-state index contributed by atoms with van der Waals surface area (Å²) in [6, 6.07) is -1.08. The van der Waals surface area contributed by atoms with Gasteiger partial charge in [-0.15, -0.1) is 0 Å². The maximum absolute atomic E-state index is 12.5. The van der Waals surface area contributed by atoms with Crippen LogP contribution in [0, 0.1) is 0 Å². The predicted octanol–water partition coefficient (Wildman–Crippen LogP) is 12.5. The lowest BCUT2D eigenvalue weighted by molar-refractivity contribution is -0.122. The molecule has 0 aliphatic heterocycles. The van der Waals surface area contributed by atoms with Crippen molar-refractivity contribution < 1.29 is 22.9 Å². The quantitative estimate of drug-likeness (QED) is 0.0334. The molecule has 0 saturated carbocycles. The summed E-state index contributed by atoms with van der Waals surface area (Å²) in [5.74, 6) is -1.01. The van der Waals surface area contributed by atoms with Gasteiger partial charge < -0.3 is 10.4 Å². The highest BCUT2D eigenvalue weighted by molar-refractivity contribution is 7.85. The molecule has 6 nitrogen and oxygen atoms in total. The van der Waals surface area contributed by atoms with Gasteiger partial charge in [0.2, 0.25) is 5.91 Å². The molecular weight excluding hydrogens is 643 g/mol. The molecule has 0 radical (unpaired) electrons. The van der Waals surface area contributed by atoms with Gasteiger partial charge in [-0.3, -0.25) is 9.35 Å². The number of hydrogen-bond donors (Lipinski definition) is 3. The van der Waals surface area contributed by atoms with Gasteiger partial charge in [0.25, 0.3) is 10.1 Å². The highest BCUT2D eigenvalue weighted by atomic mass is 32.2. The molecule has 2 atom stereocenters. The molecule has 0 aromatic heterocycles. The fourth-order valence-electron chi connectivity index (χ4n) is 6.34. The molecule has 0 bridgehead atoms. The molecule has 0 aliphatic carbocycles. The van der Waals surface area contributed by atoms with E-state index in [0.717, 1.165) is 51.4 Å². The normalized spacial score (nSPS) is 13.6. The van der Waals surface area contributed by atoms with Crippen LogP contribution in [0.5, 0.6) is 0 Å². The van der Waals surface area contributed by atoms with Crippen molar-refractivity contribution in [2.45, 2.75) is 225 Å². The third-order valence-corrected chi connectivity index (χ3v) is 10.3. The Kier molecular flexibility index (Phi) is 36.2. The number of rotatable bonds is 38. The monoisotopic (exact) mass is 724 g/mol. The maximum Gasteiger partial charge on any atom is 0.267 e. The highest BCUT2D eigenvalue weighted by Gasteiger charge is 2.24. The number of allylic oxidation sites excluding steroid dienone is 5. The first-order valence-corrected chi connectivity index (χ1v) is 22.8. The summed E-state index contributed by atoms with van der Waals surface area (Å²) in [6.45, 7) is 4.52. The molecule has 1 amide bonds. The predicted molar refractivity (Wildman–Crippen MR) is 216 cm³/mol. The largest absolute Gasteiger partial charge is 0.387 e. The van der Waals surface area contributed by atoms with Crippen LogP contribution in [-0.2, 0) is 14.9 Å². The zero-order valence-electron chi connectivity index (χ0n) is 32.8. The van der Waals surface area contributed by atoms with Crippen molar-refractivity contribution in [1.82, 2.24) is 5.32 Å². The average Bonchev–Trinajstić information content (AvgIpc) is 3.08. The van der Waals surface area contributed by atoms with Crippen molar-refractivity contribution in [2.24, 2.45) is 0 Å². The van der Waals surface area contributed by atoms with Crippen molar-refractivity contribution in [3.8, 4) is 0 Å². The molecule has 0 fully saturated rings. The second kappa shape index (κ2) is 37.3. The molecule has 0 spiro atoms. The third-order valence-electron chi connectivity index (χ3n) is 9.54. The smallest absolute Gasteiger partial charge is 0.267 e. The number of aliphatic hydroxyl groups excluding tert-OH is 1. The van der Waals surface area contributed by atoms with Crippen LogP contribution in [-0.4, -0.2) is 41.9 Å². The number of nitrogens with one attached hydrogen (secondary N) is 1. The Bertz CT molecular complexity index is 930. The molecule has 2 unspecified atom stereocenters. The van der Waals surface area contributed by atoms with Crippen LogP contribution in [0.15, 0.2) is 36.5 Å². The van der Waals surface area contributed by atoms with E-state index in [-0.39, 0.29) is 12.3 Å². The summed E-state index contributed by atoms with van der Waals surface area (Å²) in [7, 11) is -4.35. The van der Waals surface area contributed by atoms with Crippen LogP contribution in [0.2, 0.25) is 0 Å². The van der Waals surface area contributed by atoms with E-state index >= 15 is 0 Å². The summed E-state index contributed by atoms with van der Waals surface area (Å²) in [5, 5.41) is 13.2. The van der Waals surface area contributed by atoms with E-state index in [1.165, 1.54) is 141 Å². The summed E-state index contributed by atoms with van der Waals surface area (Å²) in [6.07, 6.45) is 48.5. The number of carbonyl (C=O) groups is 1. The Labute approximate surface area is 310 Å². The van der Waals surface area contributed by atoms with Crippen molar-refractivity contribution in [3.63, 3.8) is 0 Å². The van der Waals surface area contributed by atoms with Crippen molar-refractivity contribution in [1.29, 1.82) is 0 Å². The van der Waals surface area contributed by atoms with Crippen LogP contribution < -0.4 is 5.32 Å². The minimum Gasteiger partial charge on any atom is -0.387 e. The van der Waals surface area contributed by atoms with Crippen LogP contribution in [0.3, 0.4) is 0 Å². The summed E-state index contributed by atoms with van der Waals surface area (Å²) < 4.78 is 32.5. The number of hydrogen-bond acceptors (Lipinski definition) is 4. The number of amides is 1. The molecule has 0 heterocycles. The van der Waals surface area contributed by atoms with Crippen LogP contribution in [0.4, 0.5) is 0 Å². The Hall–Kier alpha value is -1.44. The summed E-state index contributed by atoms with van der Waals surface area (Å²) in [5.41, 5.74) is 0. The lowest BCUT2D eigenvalue weighted by Crippen LogP contribution is -2.46. The molecule has 7 heteroatoms. The van der Waals surface area contributed by atoms with Crippen molar-refractivity contribution in [3.05, 3.63) is 36.5 Å². The van der Waals surface area contributed by atoms with E-state index in [2.05, 4.69) is 43.5 Å². The Morgan fingerprint density at radius 1 is 0.520 bits per heavy atom. The van der Waals surface area contributed by atoms with Crippen LogP contribution >= 0.6 is 0 Å². The molecule has 0 rings (SSSR count). The number of aliphatic hydroxyl groups is 1. The fraction of sp³-hybridized carbons (Fsp3) is 0.837. The van der Waals surface area contributed by atoms with E-state index in [1.54, 1.807) is 0 Å². The molecule has 0 aliphatic rings. The Morgan fingerprint density at radius 3 is 1.26 bits per heavy atom. The zero-order valence-corrected chi connectivity index (χ0v) is 33.6. The minimum absolute atomic E-state index is 0.279. The molecule has 0 saturated heterocycles. The standard InChI is InChI=1S/C43H81NO5S/c1-3-5-7-9-11-13-15-17-19-21-22-23-24-26-28-30-32-34-36-38-42(45)41(40-50(47,48)49)44-43(46)39-37-35-33-31-29-27-25-20-18-16-14-12-10-8-6-4-2/h20,25,28,30,36,38,41-42,45H,3-19,21-24,26-27,29,31-35,37,39-40H2,1-2H3,(H,44,46)(H,47,48,49)/b25-20-,30-28+,38-36+. The van der Waals surface area contributed by atoms with E-state index in [0.29, 0.717) is 6.42 Å². The number of carbonyl (C=O) groups excluding carboxylic acids is 1. The van der Waals surface area contributed by atoms with E-state index < -0.39 is 28.0 Å². The number of unbranched alkanes of at least 4 members (excludes halogenated alkanes) is 26. The lowest BCUT2D eigenvalue weighted by atomic mass is 10.0. The first kappa shape index (κ1) is 48.6. The van der Waals surface area contributed by atoms with Crippen LogP contribution in [0.1, 0.15) is 213 Å². The van der Waals surface area contributed by atoms with Gasteiger partial charge in [-0.2, -0.15) is 8.42 Å². The summed E-state index contributed by atoms with van der Waals surface area (Å²) >= 11 is 0. The molecule has 3 N–H and O–H groups in total. The van der Waals surface area contributed by atoms with Gasteiger partial charge in [0, 0.05) is 6.42 Å². The third kappa shape index (κ3) is 37.8. The first-order valence-electron chi connectivity index (χ1n) is 21.2. The minimum atomic E-state index is -4.35. The first-order chi connectivity index (χ1) is 24.3.